The fraction of sp³-hybridized carbons (Fsp3) is 0.300. The predicted octanol–water partition coefficient (Wildman–Crippen LogP) is 3.41. The van der Waals surface area contributed by atoms with Crippen LogP contribution in [-0.4, -0.2) is 35.1 Å². The molecule has 0 spiro atoms. The summed E-state index contributed by atoms with van der Waals surface area (Å²) in [6.45, 7) is 3.18. The van der Waals surface area contributed by atoms with E-state index in [-0.39, 0.29) is 23.9 Å². The molecule has 1 aliphatic heterocycles. The zero-order valence-electron chi connectivity index (χ0n) is 15.2. The Bertz CT molecular complexity index is 1070. The Morgan fingerprint density at radius 3 is 2.71 bits per heavy atom. The third-order valence-corrected chi connectivity index (χ3v) is 5.60. The van der Waals surface area contributed by atoms with Gasteiger partial charge in [-0.2, -0.15) is 0 Å². The first kappa shape index (κ1) is 17.0. The first-order chi connectivity index (χ1) is 13.5. The van der Waals surface area contributed by atoms with Crippen LogP contribution in [0.15, 0.2) is 36.4 Å². The van der Waals surface area contributed by atoms with Crippen molar-refractivity contribution in [1.29, 1.82) is 0 Å². The first-order valence-corrected chi connectivity index (χ1v) is 9.22. The molecule has 3 N–H and O–H groups in total. The van der Waals surface area contributed by atoms with Gasteiger partial charge in [-0.05, 0) is 37.3 Å². The summed E-state index contributed by atoms with van der Waals surface area (Å²) in [5.41, 5.74) is 2.82. The molecule has 3 atom stereocenters. The Balaban J connectivity index is 1.18. The SMILES string of the molecule is Cc1nc2cc(NC(=O)N[C@H]3[C@@H]4CN(c5ccc(F)cc5F)C[C@@H]43)ccc2[nH]1. The average Bonchev–Trinajstić information content (AvgIpc) is 2.97. The summed E-state index contributed by atoms with van der Waals surface area (Å²) >= 11 is 0. The van der Waals surface area contributed by atoms with Crippen LogP contribution in [0.1, 0.15) is 5.82 Å². The number of H-pyrrole nitrogens is 1. The lowest BCUT2D eigenvalue weighted by Crippen LogP contribution is -2.37. The number of imidazole rings is 1. The molecule has 2 heterocycles. The van der Waals surface area contributed by atoms with Gasteiger partial charge in [0.05, 0.1) is 16.7 Å². The molecular formula is C20H19F2N5O. The molecular weight excluding hydrogens is 364 g/mol. The van der Waals surface area contributed by atoms with Crippen molar-refractivity contribution in [3.8, 4) is 0 Å². The highest BCUT2D eigenvalue weighted by atomic mass is 19.1. The summed E-state index contributed by atoms with van der Waals surface area (Å²) in [4.78, 5) is 21.7. The molecule has 2 fully saturated rings. The number of hydrogen-bond donors (Lipinski definition) is 3. The van der Waals surface area contributed by atoms with Crippen LogP contribution in [0.3, 0.4) is 0 Å². The normalized spacial score (nSPS) is 23.0. The van der Waals surface area contributed by atoms with Crippen molar-refractivity contribution in [2.75, 3.05) is 23.3 Å². The summed E-state index contributed by atoms with van der Waals surface area (Å²) in [6, 6.07) is 8.99. The lowest BCUT2D eigenvalue weighted by molar-refractivity contribution is 0.250. The second-order valence-electron chi connectivity index (χ2n) is 7.51. The van der Waals surface area contributed by atoms with Crippen LogP contribution in [0, 0.1) is 30.4 Å². The van der Waals surface area contributed by atoms with Crippen molar-refractivity contribution in [2.45, 2.75) is 13.0 Å². The summed E-state index contributed by atoms with van der Waals surface area (Å²) in [7, 11) is 0. The molecule has 8 heteroatoms. The number of piperidine rings is 1. The average molecular weight is 383 g/mol. The second kappa shape index (κ2) is 6.19. The molecule has 3 aromatic rings. The number of amides is 2. The molecule has 0 bridgehead atoms. The van der Waals surface area contributed by atoms with Crippen molar-refractivity contribution in [3.63, 3.8) is 0 Å². The van der Waals surface area contributed by atoms with Gasteiger partial charge in [-0.3, -0.25) is 0 Å². The number of rotatable bonds is 3. The van der Waals surface area contributed by atoms with Gasteiger partial charge in [-0.1, -0.05) is 0 Å². The Morgan fingerprint density at radius 1 is 1.18 bits per heavy atom. The maximum absolute atomic E-state index is 13.9. The summed E-state index contributed by atoms with van der Waals surface area (Å²) in [5, 5.41) is 5.84. The molecule has 28 heavy (non-hydrogen) atoms. The Morgan fingerprint density at radius 2 is 1.96 bits per heavy atom. The molecule has 1 saturated heterocycles. The Kier molecular flexibility index (Phi) is 3.75. The van der Waals surface area contributed by atoms with Crippen LogP contribution < -0.4 is 15.5 Å². The standard InChI is InChI=1S/C20H19F2N5O/c1-10-23-16-4-3-12(7-17(16)24-10)25-20(28)26-19-13-8-27(9-14(13)19)18-5-2-11(21)6-15(18)22/h2-7,13-14,19H,8-9H2,1H3,(H,23,24)(H2,25,26,28)/t13-,14+,19+. The van der Waals surface area contributed by atoms with Crippen molar-refractivity contribution in [2.24, 2.45) is 11.8 Å². The van der Waals surface area contributed by atoms with Crippen LogP contribution >= 0.6 is 0 Å². The van der Waals surface area contributed by atoms with Crippen molar-refractivity contribution in [1.82, 2.24) is 15.3 Å². The molecule has 1 aliphatic carbocycles. The maximum atomic E-state index is 13.9. The number of aromatic amines is 1. The van der Waals surface area contributed by atoms with E-state index in [1.54, 1.807) is 0 Å². The van der Waals surface area contributed by atoms with Gasteiger partial charge < -0.3 is 20.5 Å². The number of aromatic nitrogens is 2. The van der Waals surface area contributed by atoms with E-state index in [0.29, 0.717) is 24.5 Å². The molecule has 1 aromatic heterocycles. The summed E-state index contributed by atoms with van der Waals surface area (Å²) in [6.07, 6.45) is 0. The second-order valence-corrected chi connectivity index (χ2v) is 7.51. The molecule has 2 amide bonds. The number of hydrogen-bond acceptors (Lipinski definition) is 3. The minimum Gasteiger partial charge on any atom is -0.368 e. The molecule has 0 radical (unpaired) electrons. The fourth-order valence-corrected chi connectivity index (χ4v) is 4.20. The van der Waals surface area contributed by atoms with E-state index in [2.05, 4.69) is 20.6 Å². The molecule has 0 unspecified atom stereocenters. The van der Waals surface area contributed by atoms with Crippen LogP contribution in [-0.2, 0) is 0 Å². The monoisotopic (exact) mass is 383 g/mol. The number of anilines is 2. The van der Waals surface area contributed by atoms with E-state index in [1.807, 2.05) is 30.0 Å². The predicted molar refractivity (Wildman–Crippen MR) is 102 cm³/mol. The number of carbonyl (C=O) groups excluding carboxylic acids is 1. The number of aryl methyl sites for hydroxylation is 1. The molecule has 2 aliphatic rings. The molecule has 6 nitrogen and oxygen atoms in total. The molecule has 2 aromatic carbocycles. The third kappa shape index (κ3) is 2.94. The number of nitrogens with zero attached hydrogens (tertiary/aromatic N) is 2. The number of halogens is 2. The van der Waals surface area contributed by atoms with Crippen LogP contribution in [0.5, 0.6) is 0 Å². The van der Waals surface area contributed by atoms with E-state index >= 15 is 0 Å². The van der Waals surface area contributed by atoms with Crippen LogP contribution in [0.25, 0.3) is 11.0 Å². The highest BCUT2D eigenvalue weighted by Crippen LogP contribution is 2.47. The number of carbonyl (C=O) groups is 1. The van der Waals surface area contributed by atoms with Crippen LogP contribution in [0.2, 0.25) is 0 Å². The lowest BCUT2D eigenvalue weighted by Gasteiger charge is -2.23. The smallest absolute Gasteiger partial charge is 0.319 e. The van der Waals surface area contributed by atoms with Gasteiger partial charge in [0.2, 0.25) is 0 Å². The Labute approximate surface area is 159 Å². The van der Waals surface area contributed by atoms with Gasteiger partial charge in [-0.25, -0.2) is 18.6 Å². The van der Waals surface area contributed by atoms with E-state index < -0.39 is 11.6 Å². The third-order valence-electron chi connectivity index (χ3n) is 5.60. The van der Waals surface area contributed by atoms with Gasteiger partial charge in [-0.15, -0.1) is 0 Å². The molecule has 1 saturated carbocycles. The highest BCUT2D eigenvalue weighted by Gasteiger charge is 2.56. The van der Waals surface area contributed by atoms with Gasteiger partial charge in [0.1, 0.15) is 17.5 Å². The zero-order valence-corrected chi connectivity index (χ0v) is 15.2. The quantitative estimate of drug-likeness (QED) is 0.649. The van der Waals surface area contributed by atoms with Gasteiger partial charge >= 0.3 is 6.03 Å². The number of urea groups is 1. The maximum Gasteiger partial charge on any atom is 0.319 e. The zero-order chi connectivity index (χ0) is 19.4. The van der Waals surface area contributed by atoms with E-state index in [0.717, 1.165) is 22.9 Å². The van der Waals surface area contributed by atoms with E-state index in [4.69, 9.17) is 0 Å². The van der Waals surface area contributed by atoms with Gasteiger partial charge in [0.25, 0.3) is 0 Å². The van der Waals surface area contributed by atoms with Crippen molar-refractivity contribution in [3.05, 3.63) is 53.9 Å². The van der Waals surface area contributed by atoms with Gasteiger partial charge in [0.15, 0.2) is 0 Å². The van der Waals surface area contributed by atoms with Crippen LogP contribution in [0.4, 0.5) is 25.0 Å². The number of benzene rings is 2. The van der Waals surface area contributed by atoms with Gasteiger partial charge in [0, 0.05) is 42.7 Å². The largest absolute Gasteiger partial charge is 0.368 e. The van der Waals surface area contributed by atoms with Crippen molar-refractivity contribution < 1.29 is 13.6 Å². The topological polar surface area (TPSA) is 73.1 Å². The lowest BCUT2D eigenvalue weighted by atomic mass is 10.2. The van der Waals surface area contributed by atoms with E-state index in [9.17, 15) is 13.6 Å². The molecule has 144 valence electrons. The summed E-state index contributed by atoms with van der Waals surface area (Å²) < 4.78 is 27.0. The minimum atomic E-state index is -0.579. The fourth-order valence-electron chi connectivity index (χ4n) is 4.20. The summed E-state index contributed by atoms with van der Waals surface area (Å²) in [5.74, 6) is 0.264. The number of nitrogens with one attached hydrogen (secondary N) is 3. The first-order valence-electron chi connectivity index (χ1n) is 9.22. The number of fused-ring (bicyclic) bond motifs is 2. The molecule has 5 rings (SSSR count). The highest BCUT2D eigenvalue weighted by molar-refractivity contribution is 5.92. The minimum absolute atomic E-state index is 0.0797. The van der Waals surface area contributed by atoms with Crippen molar-refractivity contribution >= 4 is 28.4 Å². The Hall–Kier alpha value is -3.16. The van der Waals surface area contributed by atoms with E-state index in [1.165, 1.54) is 12.1 Å².